The third-order valence-electron chi connectivity index (χ3n) is 4.10. The quantitative estimate of drug-likeness (QED) is 0.923. The lowest BCUT2D eigenvalue weighted by atomic mass is 10.00. The van der Waals surface area contributed by atoms with Crippen molar-refractivity contribution < 1.29 is 8.42 Å². The van der Waals surface area contributed by atoms with E-state index in [1.807, 2.05) is 19.9 Å². The molecule has 1 N–H and O–H groups in total. The summed E-state index contributed by atoms with van der Waals surface area (Å²) in [6.45, 7) is 6.47. The molecule has 112 valence electrons. The number of nitrogens with one attached hydrogen (secondary N) is 1. The molecule has 0 bridgehead atoms. The third kappa shape index (κ3) is 3.40. The predicted octanol–water partition coefficient (Wildman–Crippen LogP) is 1.92. The lowest BCUT2D eigenvalue weighted by Crippen LogP contribution is -2.39. The van der Waals surface area contributed by atoms with Gasteiger partial charge in [0.1, 0.15) is 0 Å². The van der Waals surface area contributed by atoms with Crippen molar-refractivity contribution >= 4 is 10.0 Å². The maximum atomic E-state index is 12.6. The van der Waals surface area contributed by atoms with Gasteiger partial charge in [0.25, 0.3) is 0 Å². The molecule has 4 nitrogen and oxygen atoms in total. The third-order valence-corrected chi connectivity index (χ3v) is 5.92. The second kappa shape index (κ2) is 6.24. The van der Waals surface area contributed by atoms with Crippen LogP contribution in [-0.4, -0.2) is 39.4 Å². The highest BCUT2D eigenvalue weighted by Gasteiger charge is 2.24. The fourth-order valence-corrected chi connectivity index (χ4v) is 3.93. The first-order chi connectivity index (χ1) is 9.41. The molecule has 0 radical (unpaired) electrons. The van der Waals surface area contributed by atoms with E-state index in [2.05, 4.69) is 5.32 Å². The van der Waals surface area contributed by atoms with E-state index < -0.39 is 10.0 Å². The minimum absolute atomic E-state index is 0.395. The average molecular weight is 296 g/mol. The van der Waals surface area contributed by atoms with E-state index >= 15 is 0 Å². The Morgan fingerprint density at radius 3 is 2.65 bits per heavy atom. The van der Waals surface area contributed by atoms with Crippen LogP contribution < -0.4 is 5.32 Å². The van der Waals surface area contributed by atoms with Crippen LogP contribution in [0.5, 0.6) is 0 Å². The Kier molecular flexibility index (Phi) is 4.83. The number of piperidine rings is 1. The lowest BCUT2D eigenvalue weighted by Gasteiger charge is -2.27. The molecule has 1 aromatic carbocycles. The standard InChI is InChI=1S/C15H24N2O2S/c1-12-6-7-15(9-13(12)2)20(18,19)17(3)11-14-5-4-8-16-10-14/h6-7,9,14,16H,4-5,8,10-11H2,1-3H3. The SMILES string of the molecule is Cc1ccc(S(=O)(=O)N(C)CC2CCCNC2)cc1C. The Hall–Kier alpha value is -0.910. The predicted molar refractivity (Wildman–Crippen MR) is 81.3 cm³/mol. The molecule has 1 unspecified atom stereocenters. The summed E-state index contributed by atoms with van der Waals surface area (Å²) in [6, 6.07) is 5.34. The summed E-state index contributed by atoms with van der Waals surface area (Å²) in [5.41, 5.74) is 2.13. The summed E-state index contributed by atoms with van der Waals surface area (Å²) in [5.74, 6) is 0.412. The van der Waals surface area contributed by atoms with Gasteiger partial charge in [-0.2, -0.15) is 0 Å². The van der Waals surface area contributed by atoms with E-state index in [-0.39, 0.29) is 0 Å². The molecule has 1 atom stereocenters. The maximum Gasteiger partial charge on any atom is 0.242 e. The largest absolute Gasteiger partial charge is 0.316 e. The van der Waals surface area contributed by atoms with E-state index in [0.29, 0.717) is 17.4 Å². The fourth-order valence-electron chi connectivity index (χ4n) is 2.60. The summed E-state index contributed by atoms with van der Waals surface area (Å²) in [6.07, 6.45) is 2.22. The van der Waals surface area contributed by atoms with Crippen molar-refractivity contribution in [3.8, 4) is 0 Å². The number of hydrogen-bond acceptors (Lipinski definition) is 3. The second-order valence-corrected chi connectivity index (χ2v) is 7.79. The van der Waals surface area contributed by atoms with Crippen molar-refractivity contribution in [2.45, 2.75) is 31.6 Å². The van der Waals surface area contributed by atoms with E-state index in [4.69, 9.17) is 0 Å². The van der Waals surface area contributed by atoms with Crippen LogP contribution in [0.15, 0.2) is 23.1 Å². The van der Waals surface area contributed by atoms with Crippen LogP contribution in [0.3, 0.4) is 0 Å². The van der Waals surface area contributed by atoms with Crippen LogP contribution in [0.2, 0.25) is 0 Å². The number of rotatable bonds is 4. The zero-order chi connectivity index (χ0) is 14.8. The molecule has 1 saturated heterocycles. The van der Waals surface area contributed by atoms with Crippen LogP contribution in [0, 0.1) is 19.8 Å². The zero-order valence-electron chi connectivity index (χ0n) is 12.5. The van der Waals surface area contributed by atoms with Gasteiger partial charge in [0.2, 0.25) is 10.0 Å². The molecule has 1 aromatic rings. The van der Waals surface area contributed by atoms with Crippen LogP contribution in [0.25, 0.3) is 0 Å². The number of benzene rings is 1. The first-order valence-electron chi connectivity index (χ1n) is 7.15. The molecule has 2 rings (SSSR count). The monoisotopic (exact) mass is 296 g/mol. The van der Waals surface area contributed by atoms with Gasteiger partial charge in [-0.25, -0.2) is 12.7 Å². The van der Waals surface area contributed by atoms with E-state index in [1.54, 1.807) is 19.2 Å². The topological polar surface area (TPSA) is 49.4 Å². The minimum atomic E-state index is -3.37. The van der Waals surface area contributed by atoms with Gasteiger partial charge in [0, 0.05) is 13.6 Å². The first-order valence-corrected chi connectivity index (χ1v) is 8.59. The van der Waals surface area contributed by atoms with Gasteiger partial charge in [-0.1, -0.05) is 6.07 Å². The summed E-state index contributed by atoms with van der Waals surface area (Å²) >= 11 is 0. The van der Waals surface area contributed by atoms with E-state index in [9.17, 15) is 8.42 Å². The van der Waals surface area contributed by atoms with Crippen molar-refractivity contribution in [2.24, 2.45) is 5.92 Å². The number of aryl methyl sites for hydroxylation is 2. The Labute approximate surface area is 122 Å². The highest BCUT2D eigenvalue weighted by Crippen LogP contribution is 2.20. The molecular weight excluding hydrogens is 272 g/mol. The molecule has 0 saturated carbocycles. The second-order valence-electron chi connectivity index (χ2n) is 5.74. The number of hydrogen-bond donors (Lipinski definition) is 1. The van der Waals surface area contributed by atoms with Crippen molar-refractivity contribution in [1.29, 1.82) is 0 Å². The van der Waals surface area contributed by atoms with E-state index in [1.165, 1.54) is 4.31 Å². The van der Waals surface area contributed by atoms with Crippen molar-refractivity contribution in [3.63, 3.8) is 0 Å². The maximum absolute atomic E-state index is 12.6. The van der Waals surface area contributed by atoms with Crippen LogP contribution in [-0.2, 0) is 10.0 Å². The Morgan fingerprint density at radius 1 is 1.30 bits per heavy atom. The molecule has 1 heterocycles. The van der Waals surface area contributed by atoms with Gasteiger partial charge in [-0.05, 0) is 69.0 Å². The van der Waals surface area contributed by atoms with Gasteiger partial charge in [-0.3, -0.25) is 0 Å². The first kappa shape index (κ1) is 15.5. The Bertz CT molecular complexity index is 563. The molecule has 0 aromatic heterocycles. The smallest absolute Gasteiger partial charge is 0.242 e. The highest BCUT2D eigenvalue weighted by atomic mass is 32.2. The summed E-state index contributed by atoms with van der Waals surface area (Å²) in [7, 11) is -1.69. The van der Waals surface area contributed by atoms with Gasteiger partial charge >= 0.3 is 0 Å². The molecule has 20 heavy (non-hydrogen) atoms. The van der Waals surface area contributed by atoms with E-state index in [0.717, 1.165) is 37.1 Å². The summed E-state index contributed by atoms with van der Waals surface area (Å²) in [5, 5.41) is 3.33. The fraction of sp³-hybridized carbons (Fsp3) is 0.600. The molecule has 5 heteroatoms. The van der Waals surface area contributed by atoms with Gasteiger partial charge in [0.05, 0.1) is 4.90 Å². The molecule has 1 aliphatic rings. The summed E-state index contributed by atoms with van der Waals surface area (Å²) < 4.78 is 26.6. The zero-order valence-corrected chi connectivity index (χ0v) is 13.3. The highest BCUT2D eigenvalue weighted by molar-refractivity contribution is 7.89. The van der Waals surface area contributed by atoms with Gasteiger partial charge in [-0.15, -0.1) is 0 Å². The molecule has 0 amide bonds. The molecule has 1 aliphatic heterocycles. The van der Waals surface area contributed by atoms with Crippen molar-refractivity contribution in [3.05, 3.63) is 29.3 Å². The average Bonchev–Trinajstić information content (AvgIpc) is 2.42. The Morgan fingerprint density at radius 2 is 2.05 bits per heavy atom. The van der Waals surface area contributed by atoms with Crippen LogP contribution >= 0.6 is 0 Å². The normalized spacial score (nSPS) is 20.3. The van der Waals surface area contributed by atoms with Crippen molar-refractivity contribution in [2.75, 3.05) is 26.7 Å². The molecule has 0 aliphatic carbocycles. The molecule has 0 spiro atoms. The van der Waals surface area contributed by atoms with Gasteiger partial charge in [0.15, 0.2) is 0 Å². The number of nitrogens with zero attached hydrogens (tertiary/aromatic N) is 1. The Balaban J connectivity index is 2.13. The van der Waals surface area contributed by atoms with Crippen molar-refractivity contribution in [1.82, 2.24) is 9.62 Å². The van der Waals surface area contributed by atoms with Gasteiger partial charge < -0.3 is 5.32 Å². The lowest BCUT2D eigenvalue weighted by molar-refractivity contribution is 0.315. The van der Waals surface area contributed by atoms with Crippen LogP contribution in [0.1, 0.15) is 24.0 Å². The number of sulfonamides is 1. The summed E-state index contributed by atoms with van der Waals surface area (Å²) in [4.78, 5) is 0.395. The molecular formula is C15H24N2O2S. The molecule has 1 fully saturated rings. The van der Waals surface area contributed by atoms with Crippen LogP contribution in [0.4, 0.5) is 0 Å². The minimum Gasteiger partial charge on any atom is -0.316 e.